The molecule has 0 saturated carbocycles. The van der Waals surface area contributed by atoms with E-state index in [1.807, 2.05) is 46.4 Å². The smallest absolute Gasteiger partial charge is 0.198 e. The van der Waals surface area contributed by atoms with E-state index in [1.54, 1.807) is 35.7 Å². The summed E-state index contributed by atoms with van der Waals surface area (Å²) in [6.07, 6.45) is 0. The third-order valence-corrected chi connectivity index (χ3v) is 6.96. The van der Waals surface area contributed by atoms with E-state index < -0.39 is 0 Å². The van der Waals surface area contributed by atoms with E-state index in [1.165, 1.54) is 6.92 Å². The average molecular weight is 351 g/mol. The Morgan fingerprint density at radius 2 is 1.39 bits per heavy atom. The Bertz CT molecular complexity index is 609. The molecule has 1 saturated heterocycles. The molecule has 2 atom stereocenters. The Morgan fingerprint density at radius 3 is 1.78 bits per heavy atom. The number of allylic oxidation sites excluding steroid dienone is 1. The number of carbonyl (C=O) groups is 2. The van der Waals surface area contributed by atoms with E-state index in [4.69, 9.17) is 0 Å². The lowest BCUT2D eigenvalue weighted by molar-refractivity contribution is -0.113. The van der Waals surface area contributed by atoms with Crippen LogP contribution in [0.2, 0.25) is 0 Å². The first-order valence-electron chi connectivity index (χ1n) is 7.34. The lowest BCUT2D eigenvalue weighted by Crippen LogP contribution is -2.39. The van der Waals surface area contributed by atoms with Crippen LogP contribution < -0.4 is 0 Å². The van der Waals surface area contributed by atoms with Crippen LogP contribution in [-0.2, 0) is 4.79 Å². The van der Waals surface area contributed by atoms with Crippen LogP contribution in [-0.4, -0.2) is 60.3 Å². The van der Waals surface area contributed by atoms with Gasteiger partial charge in [-0.2, -0.15) is 0 Å². The zero-order valence-electron chi connectivity index (χ0n) is 14.1. The van der Waals surface area contributed by atoms with Crippen molar-refractivity contribution < 1.29 is 9.59 Å². The minimum atomic E-state index is -0.190. The Kier molecular flexibility index (Phi) is 6.08. The summed E-state index contributed by atoms with van der Waals surface area (Å²) in [7, 11) is 8.07. The molecule has 0 aromatic heterocycles. The highest BCUT2D eigenvalue weighted by atomic mass is 32.2. The highest BCUT2D eigenvalue weighted by molar-refractivity contribution is 8.26. The van der Waals surface area contributed by atoms with Gasteiger partial charge in [0.05, 0.1) is 20.6 Å². The van der Waals surface area contributed by atoms with Gasteiger partial charge >= 0.3 is 0 Å². The third kappa shape index (κ3) is 4.07. The quantitative estimate of drug-likeness (QED) is 0.352. The molecule has 6 heteroatoms. The molecule has 2 unspecified atom stereocenters. The molecule has 1 fully saturated rings. The standard InChI is InChI=1S/C17H22N2O2S2/c1-11(20)13(14(21)12-9-7-6-8-10-12)17-22-15(18(2)3)16(23-17)19(4)5/h6-10,15-16H,1-5H3. The van der Waals surface area contributed by atoms with Crippen LogP contribution in [0.15, 0.2) is 40.1 Å². The van der Waals surface area contributed by atoms with E-state index in [2.05, 4.69) is 9.80 Å². The molecule has 4 nitrogen and oxygen atoms in total. The van der Waals surface area contributed by atoms with E-state index >= 15 is 0 Å². The van der Waals surface area contributed by atoms with Crippen LogP contribution in [0.1, 0.15) is 17.3 Å². The Morgan fingerprint density at radius 1 is 0.913 bits per heavy atom. The van der Waals surface area contributed by atoms with Gasteiger partial charge in [-0.15, -0.1) is 0 Å². The zero-order valence-corrected chi connectivity index (χ0v) is 15.7. The molecule has 0 amide bonds. The summed E-state index contributed by atoms with van der Waals surface area (Å²) in [6.45, 7) is 1.47. The Hall–Kier alpha value is -1.08. The molecule has 23 heavy (non-hydrogen) atoms. The second-order valence-corrected chi connectivity index (χ2v) is 8.37. The molecular formula is C17H22N2O2S2. The van der Waals surface area contributed by atoms with Gasteiger partial charge in [0.25, 0.3) is 0 Å². The van der Waals surface area contributed by atoms with Crippen molar-refractivity contribution in [3.8, 4) is 0 Å². The Labute approximate surface area is 146 Å². The van der Waals surface area contributed by atoms with Crippen LogP contribution >= 0.6 is 23.5 Å². The van der Waals surface area contributed by atoms with Crippen LogP contribution in [0.5, 0.6) is 0 Å². The van der Waals surface area contributed by atoms with Crippen LogP contribution in [0.25, 0.3) is 0 Å². The molecule has 1 aliphatic heterocycles. The molecule has 124 valence electrons. The van der Waals surface area contributed by atoms with E-state index in [-0.39, 0.29) is 22.3 Å². The van der Waals surface area contributed by atoms with Gasteiger partial charge in [-0.05, 0) is 35.1 Å². The molecular weight excluding hydrogens is 328 g/mol. The van der Waals surface area contributed by atoms with E-state index in [0.29, 0.717) is 11.1 Å². The number of carbonyl (C=O) groups excluding carboxylic acids is 2. The van der Waals surface area contributed by atoms with Crippen molar-refractivity contribution >= 4 is 35.1 Å². The maximum absolute atomic E-state index is 12.8. The fraction of sp³-hybridized carbons (Fsp3) is 0.412. The second-order valence-electron chi connectivity index (χ2n) is 5.86. The molecule has 0 N–H and O–H groups in total. The van der Waals surface area contributed by atoms with Gasteiger partial charge in [0.15, 0.2) is 11.6 Å². The van der Waals surface area contributed by atoms with Crippen molar-refractivity contribution in [3.63, 3.8) is 0 Å². The largest absolute Gasteiger partial charge is 0.295 e. The van der Waals surface area contributed by atoms with E-state index in [0.717, 1.165) is 4.24 Å². The lowest BCUT2D eigenvalue weighted by Gasteiger charge is -2.28. The number of benzene rings is 1. The predicted molar refractivity (Wildman–Crippen MR) is 98.6 cm³/mol. The van der Waals surface area contributed by atoms with Crippen LogP contribution in [0, 0.1) is 0 Å². The van der Waals surface area contributed by atoms with Gasteiger partial charge < -0.3 is 0 Å². The molecule has 1 aliphatic rings. The monoisotopic (exact) mass is 350 g/mol. The minimum Gasteiger partial charge on any atom is -0.295 e. The number of ketones is 2. The average Bonchev–Trinajstić information content (AvgIpc) is 2.93. The summed E-state index contributed by atoms with van der Waals surface area (Å²) in [5.74, 6) is -0.365. The van der Waals surface area contributed by atoms with Gasteiger partial charge in [0.2, 0.25) is 0 Å². The first-order chi connectivity index (χ1) is 10.8. The van der Waals surface area contributed by atoms with Crippen molar-refractivity contribution in [2.75, 3.05) is 28.2 Å². The summed E-state index contributed by atoms with van der Waals surface area (Å²) in [4.78, 5) is 29.2. The number of thioether (sulfide) groups is 2. The maximum Gasteiger partial charge on any atom is 0.198 e. The molecule has 0 bridgehead atoms. The van der Waals surface area contributed by atoms with E-state index in [9.17, 15) is 9.59 Å². The van der Waals surface area contributed by atoms with Crippen molar-refractivity contribution in [3.05, 3.63) is 45.7 Å². The van der Waals surface area contributed by atoms with Crippen LogP contribution in [0.3, 0.4) is 0 Å². The van der Waals surface area contributed by atoms with Gasteiger partial charge in [0, 0.05) is 5.56 Å². The molecule has 0 spiro atoms. The zero-order chi connectivity index (χ0) is 17.1. The van der Waals surface area contributed by atoms with Crippen molar-refractivity contribution in [2.45, 2.75) is 17.7 Å². The minimum absolute atomic E-state index is 0.175. The summed E-state index contributed by atoms with van der Waals surface area (Å²) in [5, 5.41) is 0.394. The number of nitrogens with zero attached hydrogens (tertiary/aromatic N) is 2. The topological polar surface area (TPSA) is 40.6 Å². The molecule has 1 heterocycles. The van der Waals surface area contributed by atoms with Gasteiger partial charge in [-0.25, -0.2) is 0 Å². The first-order valence-corrected chi connectivity index (χ1v) is 9.10. The van der Waals surface area contributed by atoms with Crippen LogP contribution in [0.4, 0.5) is 0 Å². The lowest BCUT2D eigenvalue weighted by atomic mass is 10.0. The fourth-order valence-electron chi connectivity index (χ4n) is 2.33. The molecule has 0 radical (unpaired) electrons. The summed E-state index contributed by atoms with van der Waals surface area (Å²) in [6, 6.07) is 9.00. The predicted octanol–water partition coefficient (Wildman–Crippen LogP) is 2.93. The normalized spacial score (nSPS) is 21.1. The maximum atomic E-state index is 12.8. The van der Waals surface area contributed by atoms with Crippen molar-refractivity contribution in [1.29, 1.82) is 0 Å². The Balaban J connectivity index is 2.42. The highest BCUT2D eigenvalue weighted by Gasteiger charge is 2.38. The fourth-order valence-corrected chi connectivity index (χ4v) is 5.77. The number of likely N-dealkylation sites (N-methyl/N-ethyl adjacent to an activating group) is 2. The van der Waals surface area contributed by atoms with Crippen molar-refractivity contribution in [1.82, 2.24) is 9.80 Å². The summed E-state index contributed by atoms with van der Waals surface area (Å²) >= 11 is 3.20. The highest BCUT2D eigenvalue weighted by Crippen LogP contribution is 2.50. The van der Waals surface area contributed by atoms with Gasteiger partial charge in [-0.3, -0.25) is 19.4 Å². The van der Waals surface area contributed by atoms with Crippen molar-refractivity contribution in [2.24, 2.45) is 0 Å². The molecule has 2 rings (SSSR count). The first kappa shape index (κ1) is 18.3. The number of hydrogen-bond donors (Lipinski definition) is 0. The number of rotatable bonds is 5. The molecule has 1 aromatic carbocycles. The SMILES string of the molecule is CC(=O)C(C(=O)c1ccccc1)=C1SC(N(C)C)C(N(C)C)S1. The summed E-state index contributed by atoms with van der Waals surface area (Å²) < 4.78 is 0.823. The van der Waals surface area contributed by atoms with Gasteiger partial charge in [-0.1, -0.05) is 53.9 Å². The molecule has 1 aromatic rings. The van der Waals surface area contributed by atoms with Gasteiger partial charge in [0.1, 0.15) is 0 Å². The molecule has 0 aliphatic carbocycles. The summed E-state index contributed by atoms with van der Waals surface area (Å²) in [5.41, 5.74) is 0.864. The number of Topliss-reactive ketones (excluding diaryl/α,β-unsaturated/α-hetero) is 2. The second kappa shape index (κ2) is 7.66. The number of hydrogen-bond acceptors (Lipinski definition) is 6. The third-order valence-electron chi connectivity index (χ3n) is 3.54.